The zero-order valence-electron chi connectivity index (χ0n) is 16.6. The third kappa shape index (κ3) is 3.39. The van der Waals surface area contributed by atoms with Crippen LogP contribution >= 0.6 is 0 Å². The number of nitrogens with one attached hydrogen (secondary N) is 2. The zero-order chi connectivity index (χ0) is 23.3. The molecule has 0 radical (unpaired) electrons. The topological polar surface area (TPSA) is 142 Å². The predicted octanol–water partition coefficient (Wildman–Crippen LogP) is 4.48. The fraction of sp³-hybridized carbons (Fsp3) is 0. The Morgan fingerprint density at radius 1 is 0.970 bits per heavy atom. The summed E-state index contributed by atoms with van der Waals surface area (Å²) in [6.45, 7) is 0. The molecule has 0 spiro atoms. The van der Waals surface area contributed by atoms with Gasteiger partial charge in [-0.15, -0.1) is 0 Å². The standard InChI is InChI=1S/C23H13FN4O5/c24-14-5-1-11(2-6-14)12-3-8-17-18(10-12)26-20(22(29)27-17)19-21(28(32)33)15-9-13(23(30)31)4-7-16(15)25-19/h1-10,25H,(H,27,29)(H,30,31). The lowest BCUT2D eigenvalue weighted by Crippen LogP contribution is -2.12. The number of benzene rings is 3. The molecule has 10 heteroatoms. The zero-order valence-corrected chi connectivity index (χ0v) is 16.6. The van der Waals surface area contributed by atoms with Crippen LogP contribution in [-0.4, -0.2) is 31.0 Å². The summed E-state index contributed by atoms with van der Waals surface area (Å²) < 4.78 is 13.3. The summed E-state index contributed by atoms with van der Waals surface area (Å²) in [5, 5.41) is 21.1. The number of halogens is 1. The number of carboxylic acids is 1. The molecule has 5 rings (SSSR count). The SMILES string of the molecule is O=C(O)c1ccc2[nH]c(-c3nc4cc(-c5ccc(F)cc5)ccc4[nH]c3=O)c([N+](=O)[O-])c2c1. The smallest absolute Gasteiger partial charge is 0.335 e. The van der Waals surface area contributed by atoms with Crippen molar-refractivity contribution in [1.82, 2.24) is 15.0 Å². The summed E-state index contributed by atoms with van der Waals surface area (Å²) in [5.74, 6) is -1.61. The number of carbonyl (C=O) groups is 1. The second-order valence-corrected chi connectivity index (χ2v) is 7.32. The third-order valence-corrected chi connectivity index (χ3v) is 5.31. The molecule has 0 fully saturated rings. The third-order valence-electron chi connectivity index (χ3n) is 5.31. The minimum Gasteiger partial charge on any atom is -0.478 e. The van der Waals surface area contributed by atoms with Gasteiger partial charge in [0.1, 0.15) is 11.5 Å². The maximum atomic E-state index is 13.3. The average molecular weight is 444 g/mol. The molecule has 9 nitrogen and oxygen atoms in total. The lowest BCUT2D eigenvalue weighted by Gasteiger charge is -2.05. The Balaban J connectivity index is 1.73. The summed E-state index contributed by atoms with van der Waals surface area (Å²) in [5.41, 5.74) is 0.961. The van der Waals surface area contributed by atoms with Crippen molar-refractivity contribution in [3.63, 3.8) is 0 Å². The minimum absolute atomic E-state index is 0.0521. The van der Waals surface area contributed by atoms with Gasteiger partial charge in [0.15, 0.2) is 5.69 Å². The first-order valence-corrected chi connectivity index (χ1v) is 9.65. The van der Waals surface area contributed by atoms with Gasteiger partial charge in [-0.25, -0.2) is 14.2 Å². The van der Waals surface area contributed by atoms with Crippen molar-refractivity contribution >= 4 is 33.6 Å². The first-order valence-electron chi connectivity index (χ1n) is 9.65. The van der Waals surface area contributed by atoms with E-state index in [0.29, 0.717) is 22.1 Å². The minimum atomic E-state index is -1.23. The number of nitro groups is 1. The Bertz CT molecular complexity index is 1650. The Morgan fingerprint density at radius 2 is 1.67 bits per heavy atom. The van der Waals surface area contributed by atoms with E-state index in [0.717, 1.165) is 5.56 Å². The number of aromatic carboxylic acids is 1. The molecule has 5 aromatic rings. The van der Waals surface area contributed by atoms with Crippen molar-refractivity contribution < 1.29 is 19.2 Å². The Kier molecular flexibility index (Phi) is 4.49. The van der Waals surface area contributed by atoms with Gasteiger partial charge in [-0.2, -0.15) is 0 Å². The van der Waals surface area contributed by atoms with Gasteiger partial charge < -0.3 is 15.1 Å². The normalized spacial score (nSPS) is 11.2. The van der Waals surface area contributed by atoms with Gasteiger partial charge in [0.2, 0.25) is 0 Å². The molecule has 3 aromatic carbocycles. The lowest BCUT2D eigenvalue weighted by atomic mass is 10.0. The van der Waals surface area contributed by atoms with Gasteiger partial charge in [0.05, 0.1) is 32.4 Å². The van der Waals surface area contributed by atoms with Crippen LogP contribution in [0.3, 0.4) is 0 Å². The highest BCUT2D eigenvalue weighted by Gasteiger charge is 2.27. The monoisotopic (exact) mass is 444 g/mol. The molecule has 0 aliphatic carbocycles. The van der Waals surface area contributed by atoms with Gasteiger partial charge in [-0.1, -0.05) is 18.2 Å². The fourth-order valence-corrected chi connectivity index (χ4v) is 3.75. The van der Waals surface area contributed by atoms with Crippen molar-refractivity contribution in [1.29, 1.82) is 0 Å². The van der Waals surface area contributed by atoms with Crippen LogP contribution in [0.1, 0.15) is 10.4 Å². The van der Waals surface area contributed by atoms with Crippen LogP contribution in [0.15, 0.2) is 65.5 Å². The Labute approximate surface area is 183 Å². The van der Waals surface area contributed by atoms with Crippen LogP contribution in [0.5, 0.6) is 0 Å². The number of nitrogens with zero attached hydrogens (tertiary/aromatic N) is 2. The first kappa shape index (κ1) is 20.1. The van der Waals surface area contributed by atoms with E-state index in [4.69, 9.17) is 0 Å². The molecule has 3 N–H and O–H groups in total. The number of aromatic nitrogens is 3. The second-order valence-electron chi connectivity index (χ2n) is 7.32. The largest absolute Gasteiger partial charge is 0.478 e. The number of H-pyrrole nitrogens is 2. The maximum Gasteiger partial charge on any atom is 0.335 e. The molecule has 0 saturated carbocycles. The predicted molar refractivity (Wildman–Crippen MR) is 119 cm³/mol. The number of hydrogen-bond donors (Lipinski definition) is 3. The average Bonchev–Trinajstić information content (AvgIpc) is 3.17. The molecule has 0 bridgehead atoms. The van der Waals surface area contributed by atoms with Crippen LogP contribution in [0.25, 0.3) is 44.5 Å². The van der Waals surface area contributed by atoms with Crippen LogP contribution in [-0.2, 0) is 0 Å². The van der Waals surface area contributed by atoms with Crippen molar-refractivity contribution in [2.24, 2.45) is 0 Å². The van der Waals surface area contributed by atoms with E-state index < -0.39 is 22.1 Å². The van der Waals surface area contributed by atoms with Gasteiger partial charge in [-0.05, 0) is 53.6 Å². The quantitative estimate of drug-likeness (QED) is 0.275. The van der Waals surface area contributed by atoms with E-state index in [-0.39, 0.29) is 28.2 Å². The highest BCUT2D eigenvalue weighted by molar-refractivity contribution is 6.01. The van der Waals surface area contributed by atoms with Gasteiger partial charge in [-0.3, -0.25) is 14.9 Å². The molecule has 0 saturated heterocycles. The van der Waals surface area contributed by atoms with Crippen LogP contribution < -0.4 is 5.56 Å². The summed E-state index contributed by atoms with van der Waals surface area (Å²) in [6.07, 6.45) is 0. The van der Waals surface area contributed by atoms with E-state index in [2.05, 4.69) is 15.0 Å². The molecule has 0 aliphatic heterocycles. The van der Waals surface area contributed by atoms with Crippen LogP contribution in [0.4, 0.5) is 10.1 Å². The molecule has 0 atom stereocenters. The molecule has 0 amide bonds. The molecule has 162 valence electrons. The highest BCUT2D eigenvalue weighted by atomic mass is 19.1. The van der Waals surface area contributed by atoms with Crippen molar-refractivity contribution in [3.05, 3.63) is 92.5 Å². The van der Waals surface area contributed by atoms with Crippen LogP contribution in [0.2, 0.25) is 0 Å². The molecule has 0 unspecified atom stereocenters. The van der Waals surface area contributed by atoms with E-state index in [1.165, 1.54) is 30.3 Å². The van der Waals surface area contributed by atoms with Gasteiger partial charge >= 0.3 is 11.7 Å². The molecule has 2 heterocycles. The number of aromatic amines is 2. The van der Waals surface area contributed by atoms with Crippen molar-refractivity contribution in [2.45, 2.75) is 0 Å². The molecular formula is C23H13FN4O5. The summed E-state index contributed by atoms with van der Waals surface area (Å²) in [7, 11) is 0. The maximum absolute atomic E-state index is 13.3. The van der Waals surface area contributed by atoms with E-state index in [1.54, 1.807) is 30.3 Å². The van der Waals surface area contributed by atoms with Gasteiger partial charge in [0.25, 0.3) is 5.56 Å². The van der Waals surface area contributed by atoms with E-state index in [1.807, 2.05) is 0 Å². The Hall–Kier alpha value is -4.86. The van der Waals surface area contributed by atoms with Crippen molar-refractivity contribution in [3.8, 4) is 22.5 Å². The van der Waals surface area contributed by atoms with Crippen molar-refractivity contribution in [2.75, 3.05) is 0 Å². The number of hydrogen-bond acceptors (Lipinski definition) is 5. The molecule has 0 aliphatic rings. The summed E-state index contributed by atoms with van der Waals surface area (Å²) >= 11 is 0. The summed E-state index contributed by atoms with van der Waals surface area (Å²) in [6, 6.07) is 14.8. The van der Waals surface area contributed by atoms with Crippen LogP contribution in [0, 0.1) is 15.9 Å². The highest BCUT2D eigenvalue weighted by Crippen LogP contribution is 2.36. The first-order chi connectivity index (χ1) is 15.8. The van der Waals surface area contributed by atoms with E-state index in [9.17, 15) is 29.2 Å². The summed E-state index contributed by atoms with van der Waals surface area (Å²) in [4.78, 5) is 45.1. The number of fused-ring (bicyclic) bond motifs is 2. The second kappa shape index (κ2) is 7.38. The molecular weight excluding hydrogens is 431 g/mol. The Morgan fingerprint density at radius 3 is 2.36 bits per heavy atom. The molecule has 2 aromatic heterocycles. The fourth-order valence-electron chi connectivity index (χ4n) is 3.75. The number of carboxylic acid groups (broad SMARTS) is 1. The van der Waals surface area contributed by atoms with Gasteiger partial charge in [0, 0.05) is 0 Å². The van der Waals surface area contributed by atoms with E-state index >= 15 is 0 Å². The molecule has 33 heavy (non-hydrogen) atoms. The lowest BCUT2D eigenvalue weighted by molar-refractivity contribution is -0.382. The number of rotatable bonds is 4.